The molecule has 1 saturated carbocycles. The molecule has 2 amide bonds. The number of aryl methyl sites for hydroxylation is 1. The van der Waals surface area contributed by atoms with Gasteiger partial charge in [-0.05, 0) is 48.4 Å². The summed E-state index contributed by atoms with van der Waals surface area (Å²) in [6.45, 7) is 8.24. The monoisotopic (exact) mass is 488 g/mol. The first-order chi connectivity index (χ1) is 16.9. The minimum atomic E-state index is -0.0169. The van der Waals surface area contributed by atoms with Crippen molar-refractivity contribution in [1.29, 1.82) is 0 Å². The molecule has 1 aliphatic carbocycles. The Kier molecular flexibility index (Phi) is 8.40. The first-order valence-electron chi connectivity index (χ1n) is 12.6. The highest BCUT2D eigenvalue weighted by Crippen LogP contribution is 2.48. The zero-order chi connectivity index (χ0) is 24.8. The molecule has 4 rings (SSSR count). The molecule has 1 heterocycles. The van der Waals surface area contributed by atoms with Crippen molar-refractivity contribution >= 4 is 23.2 Å². The van der Waals surface area contributed by atoms with Crippen LogP contribution in [0.4, 0.5) is 0 Å². The van der Waals surface area contributed by atoms with E-state index in [2.05, 4.69) is 57.2 Å². The van der Waals surface area contributed by atoms with Crippen LogP contribution >= 0.6 is 11.3 Å². The Morgan fingerprint density at radius 2 is 1.63 bits per heavy atom. The molecular formula is C30H36N2O2S. The van der Waals surface area contributed by atoms with Crippen molar-refractivity contribution in [2.75, 3.05) is 13.1 Å². The van der Waals surface area contributed by atoms with Crippen LogP contribution in [0.25, 0.3) is 0 Å². The smallest absolute Gasteiger partial charge is 0.242 e. The highest BCUT2D eigenvalue weighted by molar-refractivity contribution is 7.11. The summed E-state index contributed by atoms with van der Waals surface area (Å²) in [6, 6.07) is 24.6. The SMILES string of the molecule is CC[C@H](C)CN(CC(=O)N(Cc1ccccc1)Cc1ccc(C)s1)C(=O)[C@H]1C[C@H]1c1ccccc1. The fourth-order valence-corrected chi connectivity index (χ4v) is 5.47. The second-order valence-electron chi connectivity index (χ2n) is 9.84. The van der Waals surface area contributed by atoms with Crippen LogP contribution in [0.1, 0.15) is 53.5 Å². The number of hydrogen-bond donors (Lipinski definition) is 0. The molecule has 0 unspecified atom stereocenters. The van der Waals surface area contributed by atoms with Crippen LogP contribution in [-0.4, -0.2) is 34.7 Å². The van der Waals surface area contributed by atoms with Gasteiger partial charge in [-0.3, -0.25) is 9.59 Å². The van der Waals surface area contributed by atoms with Gasteiger partial charge in [-0.25, -0.2) is 0 Å². The molecule has 0 aliphatic heterocycles. The minimum absolute atomic E-state index is 0.00784. The van der Waals surface area contributed by atoms with Crippen molar-refractivity contribution < 1.29 is 9.59 Å². The highest BCUT2D eigenvalue weighted by atomic mass is 32.1. The summed E-state index contributed by atoms with van der Waals surface area (Å²) in [4.78, 5) is 33.4. The summed E-state index contributed by atoms with van der Waals surface area (Å²) >= 11 is 1.72. The average Bonchev–Trinajstić information content (AvgIpc) is 3.58. The van der Waals surface area contributed by atoms with E-state index < -0.39 is 0 Å². The lowest BCUT2D eigenvalue weighted by Gasteiger charge is -2.29. The minimum Gasteiger partial charge on any atom is -0.333 e. The number of hydrogen-bond acceptors (Lipinski definition) is 3. The molecule has 184 valence electrons. The van der Waals surface area contributed by atoms with E-state index in [1.54, 1.807) is 11.3 Å². The lowest BCUT2D eigenvalue weighted by molar-refractivity contribution is -0.142. The zero-order valence-corrected chi connectivity index (χ0v) is 21.8. The number of nitrogens with zero attached hydrogens (tertiary/aromatic N) is 2. The maximum atomic E-state index is 13.7. The van der Waals surface area contributed by atoms with Crippen LogP contribution in [0.3, 0.4) is 0 Å². The molecule has 0 spiro atoms. The highest BCUT2D eigenvalue weighted by Gasteiger charge is 2.46. The second-order valence-corrected chi connectivity index (χ2v) is 11.2. The van der Waals surface area contributed by atoms with E-state index >= 15 is 0 Å². The predicted octanol–water partition coefficient (Wildman–Crippen LogP) is 6.26. The molecule has 0 saturated heterocycles. The van der Waals surface area contributed by atoms with Crippen LogP contribution in [0.2, 0.25) is 0 Å². The van der Waals surface area contributed by atoms with Gasteiger partial charge in [-0.15, -0.1) is 11.3 Å². The summed E-state index contributed by atoms with van der Waals surface area (Å²) in [5.41, 5.74) is 2.32. The van der Waals surface area contributed by atoms with Crippen LogP contribution in [0.15, 0.2) is 72.8 Å². The van der Waals surface area contributed by atoms with E-state index in [0.717, 1.165) is 23.3 Å². The van der Waals surface area contributed by atoms with Gasteiger partial charge in [0.1, 0.15) is 0 Å². The molecule has 4 nitrogen and oxygen atoms in total. The van der Waals surface area contributed by atoms with E-state index in [0.29, 0.717) is 25.6 Å². The third-order valence-corrected chi connectivity index (χ3v) is 7.90. The van der Waals surface area contributed by atoms with Gasteiger partial charge in [0.05, 0.1) is 13.1 Å². The van der Waals surface area contributed by atoms with Crippen LogP contribution < -0.4 is 0 Å². The summed E-state index contributed by atoms with van der Waals surface area (Å²) in [5, 5.41) is 0. The van der Waals surface area contributed by atoms with Gasteiger partial charge < -0.3 is 9.80 Å². The Morgan fingerprint density at radius 1 is 0.943 bits per heavy atom. The number of benzene rings is 2. The van der Waals surface area contributed by atoms with Crippen molar-refractivity contribution in [2.45, 2.75) is 52.6 Å². The standard InChI is InChI=1S/C30H36N2O2S/c1-4-22(2)18-32(30(34)28-17-27(28)25-13-9-6-10-14-25)21-29(33)31(19-24-11-7-5-8-12-24)20-26-16-15-23(3)35-26/h5-16,22,27-28H,4,17-21H2,1-3H3/t22-,27-,28-/m0/s1. The second kappa shape index (κ2) is 11.7. The third-order valence-electron chi connectivity index (χ3n) is 6.91. The molecule has 3 aromatic rings. The van der Waals surface area contributed by atoms with Crippen molar-refractivity contribution in [1.82, 2.24) is 9.80 Å². The number of carbonyl (C=O) groups excluding carboxylic acids is 2. The molecule has 35 heavy (non-hydrogen) atoms. The topological polar surface area (TPSA) is 40.6 Å². The largest absolute Gasteiger partial charge is 0.333 e. The van der Waals surface area contributed by atoms with E-state index in [1.165, 1.54) is 10.4 Å². The average molecular weight is 489 g/mol. The van der Waals surface area contributed by atoms with Gasteiger partial charge in [0.15, 0.2) is 0 Å². The van der Waals surface area contributed by atoms with Gasteiger partial charge in [-0.1, -0.05) is 80.9 Å². The van der Waals surface area contributed by atoms with Crippen molar-refractivity contribution in [3.63, 3.8) is 0 Å². The number of amides is 2. The van der Waals surface area contributed by atoms with Gasteiger partial charge in [0.25, 0.3) is 0 Å². The fourth-order valence-electron chi connectivity index (χ4n) is 4.57. The summed E-state index contributed by atoms with van der Waals surface area (Å²) in [7, 11) is 0. The van der Waals surface area contributed by atoms with E-state index in [1.807, 2.05) is 46.2 Å². The molecule has 3 atom stereocenters. The van der Waals surface area contributed by atoms with Crippen molar-refractivity contribution in [3.05, 3.63) is 93.7 Å². The molecule has 0 N–H and O–H groups in total. The first-order valence-corrected chi connectivity index (χ1v) is 13.5. The van der Waals surface area contributed by atoms with Crippen LogP contribution in [-0.2, 0) is 22.7 Å². The molecule has 1 aliphatic rings. The van der Waals surface area contributed by atoms with Gasteiger partial charge in [0.2, 0.25) is 11.8 Å². The number of thiophene rings is 1. The summed E-state index contributed by atoms with van der Waals surface area (Å²) in [5.74, 6) is 0.736. The Labute approximate surface area is 213 Å². The normalized spacial score (nSPS) is 17.6. The fraction of sp³-hybridized carbons (Fsp3) is 0.400. The maximum absolute atomic E-state index is 13.7. The number of rotatable bonds is 11. The molecule has 1 aromatic heterocycles. The van der Waals surface area contributed by atoms with Gasteiger partial charge in [-0.2, -0.15) is 0 Å². The molecule has 2 aromatic carbocycles. The molecule has 5 heteroatoms. The molecule has 1 fully saturated rings. The Bertz CT molecular complexity index is 1110. The van der Waals surface area contributed by atoms with Crippen LogP contribution in [0, 0.1) is 18.8 Å². The third kappa shape index (κ3) is 6.82. The van der Waals surface area contributed by atoms with Gasteiger partial charge in [0, 0.05) is 28.8 Å². The summed E-state index contributed by atoms with van der Waals surface area (Å²) < 4.78 is 0. The van der Waals surface area contributed by atoms with Crippen molar-refractivity contribution in [3.8, 4) is 0 Å². The van der Waals surface area contributed by atoms with E-state index in [-0.39, 0.29) is 30.2 Å². The van der Waals surface area contributed by atoms with E-state index in [4.69, 9.17) is 0 Å². The first kappa shape index (κ1) is 25.2. The Balaban J connectivity index is 1.50. The molecule has 0 radical (unpaired) electrons. The Hall–Kier alpha value is -2.92. The molecule has 0 bridgehead atoms. The quantitative estimate of drug-likeness (QED) is 0.319. The lowest BCUT2D eigenvalue weighted by atomic mass is 10.1. The zero-order valence-electron chi connectivity index (χ0n) is 21.0. The number of carbonyl (C=O) groups is 2. The summed E-state index contributed by atoms with van der Waals surface area (Å²) in [6.07, 6.45) is 1.85. The predicted molar refractivity (Wildman–Crippen MR) is 143 cm³/mol. The molecular weight excluding hydrogens is 452 g/mol. The van der Waals surface area contributed by atoms with Gasteiger partial charge >= 0.3 is 0 Å². The Morgan fingerprint density at radius 3 is 2.26 bits per heavy atom. The van der Waals surface area contributed by atoms with Crippen LogP contribution in [0.5, 0.6) is 0 Å². The maximum Gasteiger partial charge on any atom is 0.242 e. The van der Waals surface area contributed by atoms with Crippen molar-refractivity contribution in [2.24, 2.45) is 11.8 Å². The lowest BCUT2D eigenvalue weighted by Crippen LogP contribution is -2.44. The van der Waals surface area contributed by atoms with E-state index in [9.17, 15) is 9.59 Å².